The molecule has 112 valence electrons. The molecule has 0 aliphatic heterocycles. The first-order chi connectivity index (χ1) is 10.5. The Morgan fingerprint density at radius 1 is 1.05 bits per heavy atom. The lowest BCUT2D eigenvalue weighted by Gasteiger charge is -2.04. The van der Waals surface area contributed by atoms with E-state index in [0.717, 1.165) is 17.1 Å². The van der Waals surface area contributed by atoms with Crippen LogP contribution in [0, 0.1) is 27.7 Å². The molecule has 0 bridgehead atoms. The third-order valence-corrected chi connectivity index (χ3v) is 3.58. The Hall–Kier alpha value is -2.76. The molecule has 0 unspecified atom stereocenters. The van der Waals surface area contributed by atoms with Gasteiger partial charge in [-0.05, 0) is 45.9 Å². The van der Waals surface area contributed by atoms with Crippen LogP contribution in [-0.2, 0) is 0 Å². The quantitative estimate of drug-likeness (QED) is 0.728. The summed E-state index contributed by atoms with van der Waals surface area (Å²) in [6.45, 7) is 7.55. The van der Waals surface area contributed by atoms with E-state index in [2.05, 4.69) is 15.4 Å². The van der Waals surface area contributed by atoms with Gasteiger partial charge in [-0.2, -0.15) is 9.78 Å². The SMILES string of the molecule is Cc1ccc(-n2nnc(C(=O)n3nc(C)cc3C)c2C)cc1. The number of carbonyl (C=O) groups is 1. The molecular formula is C16H17N5O. The highest BCUT2D eigenvalue weighted by molar-refractivity contribution is 5.94. The van der Waals surface area contributed by atoms with Gasteiger partial charge >= 0.3 is 5.91 Å². The van der Waals surface area contributed by atoms with Crippen molar-refractivity contribution >= 4 is 5.91 Å². The largest absolute Gasteiger partial charge is 0.300 e. The zero-order valence-electron chi connectivity index (χ0n) is 13.0. The Labute approximate surface area is 128 Å². The van der Waals surface area contributed by atoms with Crippen LogP contribution in [0.15, 0.2) is 30.3 Å². The van der Waals surface area contributed by atoms with Crippen molar-refractivity contribution in [3.05, 3.63) is 58.7 Å². The molecule has 0 saturated carbocycles. The van der Waals surface area contributed by atoms with Gasteiger partial charge in [0.15, 0.2) is 5.69 Å². The Kier molecular flexibility index (Phi) is 3.36. The minimum absolute atomic E-state index is 0.263. The zero-order chi connectivity index (χ0) is 15.9. The van der Waals surface area contributed by atoms with E-state index in [1.54, 1.807) is 4.68 Å². The average molecular weight is 295 g/mol. The lowest BCUT2D eigenvalue weighted by Crippen LogP contribution is -2.17. The second-order valence-corrected chi connectivity index (χ2v) is 5.41. The summed E-state index contributed by atoms with van der Waals surface area (Å²) < 4.78 is 3.03. The summed E-state index contributed by atoms with van der Waals surface area (Å²) in [6, 6.07) is 9.76. The molecule has 2 aromatic heterocycles. The summed E-state index contributed by atoms with van der Waals surface area (Å²) in [5, 5.41) is 12.4. The monoisotopic (exact) mass is 295 g/mol. The lowest BCUT2D eigenvalue weighted by atomic mass is 10.2. The standard InChI is InChI=1S/C16H17N5O/c1-10-5-7-14(8-6-10)21-13(4)15(17-19-21)16(22)20-12(3)9-11(2)18-20/h5-9H,1-4H3. The summed E-state index contributed by atoms with van der Waals surface area (Å²) in [7, 11) is 0. The summed E-state index contributed by atoms with van der Waals surface area (Å²) in [6.07, 6.45) is 0. The van der Waals surface area contributed by atoms with Crippen LogP contribution in [0.25, 0.3) is 5.69 Å². The summed E-state index contributed by atoms with van der Waals surface area (Å²) in [4.78, 5) is 12.6. The van der Waals surface area contributed by atoms with E-state index in [1.807, 2.05) is 58.0 Å². The highest BCUT2D eigenvalue weighted by Gasteiger charge is 2.21. The smallest absolute Gasteiger partial charge is 0.265 e. The van der Waals surface area contributed by atoms with Crippen LogP contribution in [-0.4, -0.2) is 30.7 Å². The third-order valence-electron chi connectivity index (χ3n) is 3.58. The first kappa shape index (κ1) is 14.2. The Balaban J connectivity index is 2.02. The Morgan fingerprint density at radius 2 is 1.73 bits per heavy atom. The van der Waals surface area contributed by atoms with Crippen molar-refractivity contribution in [2.45, 2.75) is 27.7 Å². The molecule has 0 atom stereocenters. The molecule has 3 rings (SSSR count). The normalized spacial score (nSPS) is 10.9. The van der Waals surface area contributed by atoms with Crippen LogP contribution < -0.4 is 0 Å². The van der Waals surface area contributed by atoms with E-state index < -0.39 is 0 Å². The van der Waals surface area contributed by atoms with Crippen molar-refractivity contribution in [1.29, 1.82) is 0 Å². The van der Waals surface area contributed by atoms with Gasteiger partial charge in [0.05, 0.1) is 17.1 Å². The Bertz CT molecular complexity index is 842. The number of nitrogens with zero attached hydrogens (tertiary/aromatic N) is 5. The number of rotatable bonds is 2. The minimum atomic E-state index is -0.263. The predicted molar refractivity (Wildman–Crippen MR) is 82.3 cm³/mol. The molecular weight excluding hydrogens is 278 g/mol. The van der Waals surface area contributed by atoms with Crippen LogP contribution in [0.3, 0.4) is 0 Å². The first-order valence-electron chi connectivity index (χ1n) is 7.04. The molecule has 0 saturated heterocycles. The summed E-state index contributed by atoms with van der Waals surface area (Å²) in [5.41, 5.74) is 4.64. The topological polar surface area (TPSA) is 65.6 Å². The van der Waals surface area contributed by atoms with Crippen molar-refractivity contribution in [2.24, 2.45) is 0 Å². The van der Waals surface area contributed by atoms with Gasteiger partial charge in [0.1, 0.15) is 0 Å². The molecule has 0 aliphatic carbocycles. The van der Waals surface area contributed by atoms with Crippen molar-refractivity contribution < 1.29 is 4.79 Å². The number of hydrogen-bond donors (Lipinski definition) is 0. The molecule has 6 heteroatoms. The average Bonchev–Trinajstić information content (AvgIpc) is 3.02. The van der Waals surface area contributed by atoms with Crippen LogP contribution in [0.4, 0.5) is 0 Å². The maximum Gasteiger partial charge on any atom is 0.300 e. The molecule has 22 heavy (non-hydrogen) atoms. The Morgan fingerprint density at radius 3 is 2.32 bits per heavy atom. The molecule has 0 amide bonds. The van der Waals surface area contributed by atoms with Crippen molar-refractivity contribution in [3.63, 3.8) is 0 Å². The van der Waals surface area contributed by atoms with Crippen LogP contribution in [0.1, 0.15) is 33.1 Å². The van der Waals surface area contributed by atoms with E-state index >= 15 is 0 Å². The van der Waals surface area contributed by atoms with E-state index in [-0.39, 0.29) is 5.91 Å². The minimum Gasteiger partial charge on any atom is -0.265 e. The number of benzene rings is 1. The molecule has 6 nitrogen and oxygen atoms in total. The van der Waals surface area contributed by atoms with E-state index in [0.29, 0.717) is 11.4 Å². The van der Waals surface area contributed by atoms with Crippen LogP contribution >= 0.6 is 0 Å². The molecule has 0 spiro atoms. The van der Waals surface area contributed by atoms with Crippen LogP contribution in [0.5, 0.6) is 0 Å². The van der Waals surface area contributed by atoms with E-state index in [1.165, 1.54) is 10.2 Å². The van der Waals surface area contributed by atoms with Gasteiger partial charge in [-0.15, -0.1) is 5.10 Å². The fraction of sp³-hybridized carbons (Fsp3) is 0.250. The first-order valence-corrected chi connectivity index (χ1v) is 7.04. The van der Waals surface area contributed by atoms with Gasteiger partial charge in [0.2, 0.25) is 0 Å². The molecule has 0 fully saturated rings. The van der Waals surface area contributed by atoms with Gasteiger partial charge in [-0.3, -0.25) is 4.79 Å². The van der Waals surface area contributed by atoms with Crippen molar-refractivity contribution in [3.8, 4) is 5.69 Å². The zero-order valence-corrected chi connectivity index (χ0v) is 13.0. The fourth-order valence-electron chi connectivity index (χ4n) is 2.39. The van der Waals surface area contributed by atoms with Gasteiger partial charge < -0.3 is 0 Å². The number of aromatic nitrogens is 5. The number of hydrogen-bond acceptors (Lipinski definition) is 4. The predicted octanol–water partition coefficient (Wildman–Crippen LogP) is 2.39. The summed E-state index contributed by atoms with van der Waals surface area (Å²) >= 11 is 0. The number of aryl methyl sites for hydroxylation is 3. The highest BCUT2D eigenvalue weighted by Crippen LogP contribution is 2.14. The second kappa shape index (κ2) is 5.22. The van der Waals surface area contributed by atoms with Crippen molar-refractivity contribution in [2.75, 3.05) is 0 Å². The third kappa shape index (κ3) is 2.32. The van der Waals surface area contributed by atoms with E-state index in [4.69, 9.17) is 0 Å². The van der Waals surface area contributed by atoms with E-state index in [9.17, 15) is 4.79 Å². The molecule has 1 aromatic carbocycles. The molecule has 0 radical (unpaired) electrons. The molecule has 2 heterocycles. The fourth-order valence-corrected chi connectivity index (χ4v) is 2.39. The lowest BCUT2D eigenvalue weighted by molar-refractivity contribution is 0.0936. The molecule has 0 aliphatic rings. The second-order valence-electron chi connectivity index (χ2n) is 5.41. The highest BCUT2D eigenvalue weighted by atomic mass is 16.2. The van der Waals surface area contributed by atoms with Crippen molar-refractivity contribution in [1.82, 2.24) is 24.8 Å². The maximum atomic E-state index is 12.6. The number of carbonyl (C=O) groups excluding carboxylic acids is 1. The molecule has 0 N–H and O–H groups in total. The van der Waals surface area contributed by atoms with Crippen LogP contribution in [0.2, 0.25) is 0 Å². The summed E-state index contributed by atoms with van der Waals surface area (Å²) in [5.74, 6) is -0.263. The van der Waals surface area contributed by atoms with Gasteiger partial charge in [-0.1, -0.05) is 22.9 Å². The molecule has 3 aromatic rings. The van der Waals surface area contributed by atoms with Gasteiger partial charge in [0, 0.05) is 5.69 Å². The van der Waals surface area contributed by atoms with Gasteiger partial charge in [0.25, 0.3) is 0 Å². The maximum absolute atomic E-state index is 12.6. The van der Waals surface area contributed by atoms with Gasteiger partial charge in [-0.25, -0.2) is 4.68 Å².